The molecule has 0 fully saturated rings. The van der Waals surface area contributed by atoms with E-state index in [0.29, 0.717) is 17.1 Å². The molecule has 10 nitrogen and oxygen atoms in total. The lowest BCUT2D eigenvalue weighted by Gasteiger charge is -2.39. The van der Waals surface area contributed by atoms with Crippen LogP contribution in [0.2, 0.25) is 10.0 Å². The number of aliphatic carboxylic acids is 1. The number of hydrogen-bond acceptors (Lipinski definition) is 8. The van der Waals surface area contributed by atoms with Crippen LogP contribution in [0.4, 0.5) is 11.4 Å². The molecule has 0 spiro atoms. The number of aliphatic imine (C=N–C) groups is 1. The van der Waals surface area contributed by atoms with Gasteiger partial charge in [0, 0.05) is 25.4 Å². The molecule has 0 saturated carbocycles. The summed E-state index contributed by atoms with van der Waals surface area (Å²) in [6.07, 6.45) is 3.16. The fourth-order valence-electron chi connectivity index (χ4n) is 3.73. The average Bonchev–Trinajstić information content (AvgIpc) is 3.10. The Bertz CT molecular complexity index is 1300. The van der Waals surface area contributed by atoms with E-state index in [1.165, 1.54) is 34.2 Å². The van der Waals surface area contributed by atoms with E-state index in [4.69, 9.17) is 23.2 Å². The Morgan fingerprint density at radius 3 is 2.56 bits per heavy atom. The molecule has 2 aromatic carbocycles. The molecule has 0 saturated heterocycles. The SMILES string of the molecule is CN1C2=C(C=C=CC=N2)C(=O)N(c2ccc(C[C@H](NN([O-])c3c(Cl)cccc3Cl)C(=O)O)cc2)C1O. The highest BCUT2D eigenvalue weighted by atomic mass is 35.5. The van der Waals surface area contributed by atoms with E-state index in [1.54, 1.807) is 43.5 Å². The van der Waals surface area contributed by atoms with Gasteiger partial charge < -0.3 is 25.5 Å². The Kier molecular flexibility index (Phi) is 7.46. The number of amides is 1. The number of carbonyl (C=O) groups excluding carboxylic acids is 1. The molecule has 2 aliphatic heterocycles. The Balaban J connectivity index is 1.53. The quantitative estimate of drug-likeness (QED) is 0.369. The Hall–Kier alpha value is -3.63. The maximum Gasteiger partial charge on any atom is 0.322 e. The summed E-state index contributed by atoms with van der Waals surface area (Å²) in [5.41, 5.74) is 6.32. The number of para-hydroxylation sites is 1. The number of carbonyl (C=O) groups is 2. The first-order valence-electron chi connectivity index (χ1n) is 10.6. The Labute approximate surface area is 216 Å². The van der Waals surface area contributed by atoms with Crippen molar-refractivity contribution in [3.63, 3.8) is 0 Å². The number of nitrogens with zero attached hydrogens (tertiary/aromatic N) is 4. The molecule has 3 N–H and O–H groups in total. The molecule has 0 aromatic heterocycles. The number of aliphatic hydroxyl groups is 1. The average molecular weight is 529 g/mol. The predicted molar refractivity (Wildman–Crippen MR) is 136 cm³/mol. The van der Waals surface area contributed by atoms with Gasteiger partial charge >= 0.3 is 5.97 Å². The van der Waals surface area contributed by atoms with Crippen LogP contribution in [0.15, 0.2) is 76.7 Å². The van der Waals surface area contributed by atoms with Crippen molar-refractivity contribution in [2.24, 2.45) is 4.99 Å². The summed E-state index contributed by atoms with van der Waals surface area (Å²) in [6, 6.07) is 9.55. The maximum absolute atomic E-state index is 13.1. The summed E-state index contributed by atoms with van der Waals surface area (Å²) < 4.78 is 0. The van der Waals surface area contributed by atoms with Crippen molar-refractivity contribution >= 4 is 52.7 Å². The van der Waals surface area contributed by atoms with Crippen LogP contribution in [-0.4, -0.2) is 52.6 Å². The van der Waals surface area contributed by atoms with Gasteiger partial charge in [0.25, 0.3) is 5.91 Å². The minimum atomic E-state index is -1.31. The number of hydrazine groups is 1. The number of aliphatic hydroxyl groups excluding tert-OH is 1. The minimum Gasteiger partial charge on any atom is -0.743 e. The molecule has 0 radical (unpaired) electrons. The highest BCUT2D eigenvalue weighted by Crippen LogP contribution is 2.33. The first-order chi connectivity index (χ1) is 17.2. The third-order valence-corrected chi connectivity index (χ3v) is 6.17. The normalized spacial score (nSPS) is 17.8. The van der Waals surface area contributed by atoms with Crippen LogP contribution in [-0.2, 0) is 16.0 Å². The van der Waals surface area contributed by atoms with Crippen molar-refractivity contribution < 1.29 is 19.8 Å². The van der Waals surface area contributed by atoms with Crippen molar-refractivity contribution in [1.82, 2.24) is 10.3 Å². The van der Waals surface area contributed by atoms with Crippen molar-refractivity contribution in [2.45, 2.75) is 18.8 Å². The molecule has 12 heteroatoms. The molecule has 1 unspecified atom stereocenters. The van der Waals surface area contributed by atoms with E-state index >= 15 is 0 Å². The molecule has 4 rings (SSSR count). The number of rotatable bonds is 7. The largest absolute Gasteiger partial charge is 0.743 e. The van der Waals surface area contributed by atoms with Gasteiger partial charge in [-0.3, -0.25) is 14.5 Å². The second-order valence-electron chi connectivity index (χ2n) is 7.88. The van der Waals surface area contributed by atoms with Crippen LogP contribution < -0.4 is 15.5 Å². The van der Waals surface area contributed by atoms with Gasteiger partial charge in [0.1, 0.15) is 11.9 Å². The molecule has 2 aliphatic rings. The summed E-state index contributed by atoms with van der Waals surface area (Å²) in [5.74, 6) is -1.41. The third-order valence-electron chi connectivity index (χ3n) is 5.56. The third kappa shape index (κ3) is 5.00. The molecular formula is C24H20Cl2N5O5-. The van der Waals surface area contributed by atoms with Gasteiger partial charge in [0.05, 0.1) is 21.3 Å². The lowest BCUT2D eigenvalue weighted by atomic mass is 10.0. The molecule has 2 atom stereocenters. The monoisotopic (exact) mass is 528 g/mol. The van der Waals surface area contributed by atoms with E-state index in [2.05, 4.69) is 16.1 Å². The minimum absolute atomic E-state index is 0.0651. The number of anilines is 2. The summed E-state index contributed by atoms with van der Waals surface area (Å²) in [7, 11) is 1.60. The van der Waals surface area contributed by atoms with Gasteiger partial charge in [0.15, 0.2) is 0 Å². The van der Waals surface area contributed by atoms with Gasteiger partial charge in [-0.05, 0) is 42.0 Å². The standard InChI is InChI=1S/C24H20Cl2N5O5/c1-29-21-16(5-2-3-12-27-21)22(32)30(24(29)35)15-10-8-14(9-11-15)13-19(23(33)34)28-31(36)20-17(25)6-4-7-18(20)26/h3-12,19,24,28,35H,13H2,1H3,(H,33,34)/q-1/t19-,24?/m0/s1. The highest BCUT2D eigenvalue weighted by Gasteiger charge is 2.37. The Morgan fingerprint density at radius 2 is 1.92 bits per heavy atom. The number of hydrogen-bond donors (Lipinski definition) is 3. The van der Waals surface area contributed by atoms with Crippen molar-refractivity contribution in [2.75, 3.05) is 17.1 Å². The van der Waals surface area contributed by atoms with Gasteiger partial charge in [-0.1, -0.05) is 41.4 Å². The zero-order chi connectivity index (χ0) is 26.0. The molecule has 2 aromatic rings. The Morgan fingerprint density at radius 1 is 1.25 bits per heavy atom. The molecule has 0 bridgehead atoms. The van der Waals surface area contributed by atoms with Gasteiger partial charge in [0.2, 0.25) is 6.35 Å². The fourth-order valence-corrected chi connectivity index (χ4v) is 4.28. The van der Waals surface area contributed by atoms with E-state index in [1.807, 2.05) is 0 Å². The van der Waals surface area contributed by atoms with Crippen LogP contribution >= 0.6 is 23.2 Å². The molecule has 1 amide bonds. The van der Waals surface area contributed by atoms with E-state index in [-0.39, 0.29) is 32.9 Å². The van der Waals surface area contributed by atoms with E-state index < -0.39 is 24.3 Å². The lowest BCUT2D eigenvalue weighted by Crippen LogP contribution is -2.54. The van der Waals surface area contributed by atoms with E-state index in [0.717, 1.165) is 0 Å². The number of nitrogens with one attached hydrogen (secondary N) is 1. The topological polar surface area (TPSA) is 132 Å². The first-order valence-corrected chi connectivity index (χ1v) is 11.4. The number of benzene rings is 2. The number of carboxylic acid groups (broad SMARTS) is 1. The van der Waals surface area contributed by atoms with Crippen LogP contribution in [0.1, 0.15) is 5.56 Å². The predicted octanol–water partition coefficient (Wildman–Crippen LogP) is 3.06. The van der Waals surface area contributed by atoms with E-state index in [9.17, 15) is 25.0 Å². The summed E-state index contributed by atoms with van der Waals surface area (Å²) in [5, 5.41) is 33.3. The van der Waals surface area contributed by atoms with Crippen LogP contribution in [0, 0.1) is 5.21 Å². The fraction of sp³-hybridized carbons (Fsp3) is 0.167. The first kappa shape index (κ1) is 25.5. The van der Waals surface area contributed by atoms with Gasteiger partial charge in [-0.2, -0.15) is 0 Å². The molecule has 2 heterocycles. The lowest BCUT2D eigenvalue weighted by molar-refractivity contribution is -0.139. The van der Waals surface area contributed by atoms with Crippen molar-refractivity contribution in [3.05, 3.63) is 92.6 Å². The van der Waals surface area contributed by atoms with Crippen LogP contribution in [0.3, 0.4) is 0 Å². The summed E-state index contributed by atoms with van der Waals surface area (Å²) in [6.45, 7) is 0. The molecular weight excluding hydrogens is 509 g/mol. The zero-order valence-electron chi connectivity index (χ0n) is 18.8. The second kappa shape index (κ2) is 10.5. The molecule has 186 valence electrons. The smallest absolute Gasteiger partial charge is 0.322 e. The number of carboxylic acids is 1. The molecule has 0 aliphatic carbocycles. The van der Waals surface area contributed by atoms with Crippen molar-refractivity contribution in [1.29, 1.82) is 0 Å². The zero-order valence-corrected chi connectivity index (χ0v) is 20.3. The van der Waals surface area contributed by atoms with Crippen LogP contribution in [0.5, 0.6) is 0 Å². The van der Waals surface area contributed by atoms with Crippen molar-refractivity contribution in [3.8, 4) is 0 Å². The number of halogens is 2. The molecule has 36 heavy (non-hydrogen) atoms. The van der Waals surface area contributed by atoms with Crippen LogP contribution in [0.25, 0.3) is 0 Å². The summed E-state index contributed by atoms with van der Waals surface area (Å²) >= 11 is 12.1. The second-order valence-corrected chi connectivity index (χ2v) is 8.70. The maximum atomic E-state index is 13.1. The highest BCUT2D eigenvalue weighted by molar-refractivity contribution is 6.39. The van der Waals surface area contributed by atoms with Gasteiger partial charge in [-0.25, -0.2) is 10.4 Å². The van der Waals surface area contributed by atoms with Gasteiger partial charge in [-0.15, -0.1) is 5.73 Å². The summed E-state index contributed by atoms with van der Waals surface area (Å²) in [4.78, 5) is 31.8.